The van der Waals surface area contributed by atoms with E-state index in [2.05, 4.69) is 15.9 Å². The van der Waals surface area contributed by atoms with Gasteiger partial charge >= 0.3 is 0 Å². The molecule has 0 saturated carbocycles. The van der Waals surface area contributed by atoms with Gasteiger partial charge in [0.15, 0.2) is 0 Å². The van der Waals surface area contributed by atoms with Crippen molar-refractivity contribution in [2.75, 3.05) is 13.1 Å². The van der Waals surface area contributed by atoms with Crippen LogP contribution >= 0.6 is 15.9 Å². The molecule has 112 valence electrons. The number of benzene rings is 1. The van der Waals surface area contributed by atoms with Gasteiger partial charge in [0.25, 0.3) is 0 Å². The van der Waals surface area contributed by atoms with Crippen LogP contribution in [0, 0.1) is 12.8 Å². The van der Waals surface area contributed by atoms with Crippen molar-refractivity contribution >= 4 is 26.0 Å². The molecule has 0 amide bonds. The molecule has 1 heterocycles. The maximum atomic E-state index is 12.7. The lowest BCUT2D eigenvalue weighted by Gasteiger charge is -2.33. The van der Waals surface area contributed by atoms with Gasteiger partial charge < -0.3 is 5.73 Å². The van der Waals surface area contributed by atoms with Gasteiger partial charge in [0.1, 0.15) is 0 Å². The first-order valence-electron chi connectivity index (χ1n) is 6.84. The summed E-state index contributed by atoms with van der Waals surface area (Å²) in [6.45, 7) is 4.94. The molecule has 1 fully saturated rings. The molecule has 1 unspecified atom stereocenters. The van der Waals surface area contributed by atoms with Crippen LogP contribution in [0.15, 0.2) is 27.6 Å². The van der Waals surface area contributed by atoms with E-state index in [1.807, 2.05) is 19.9 Å². The van der Waals surface area contributed by atoms with Crippen molar-refractivity contribution < 1.29 is 8.42 Å². The third-order valence-electron chi connectivity index (χ3n) is 4.00. The minimum Gasteiger partial charge on any atom is -0.328 e. The zero-order valence-corrected chi connectivity index (χ0v) is 14.2. The molecule has 0 spiro atoms. The first-order valence-corrected chi connectivity index (χ1v) is 9.07. The lowest BCUT2D eigenvalue weighted by molar-refractivity contribution is 0.250. The van der Waals surface area contributed by atoms with Crippen molar-refractivity contribution in [2.24, 2.45) is 11.7 Å². The quantitative estimate of drug-likeness (QED) is 0.900. The third kappa shape index (κ3) is 3.24. The normalized spacial score (nSPS) is 20.0. The highest BCUT2D eigenvalue weighted by Crippen LogP contribution is 2.27. The molecule has 0 aromatic heterocycles. The molecule has 1 atom stereocenters. The monoisotopic (exact) mass is 360 g/mol. The smallest absolute Gasteiger partial charge is 0.243 e. The molecule has 4 nitrogen and oxygen atoms in total. The second kappa shape index (κ2) is 6.13. The molecule has 1 aliphatic rings. The van der Waals surface area contributed by atoms with Gasteiger partial charge in [0.2, 0.25) is 10.0 Å². The van der Waals surface area contributed by atoms with Gasteiger partial charge in [-0.05, 0) is 56.4 Å². The van der Waals surface area contributed by atoms with Crippen molar-refractivity contribution in [3.8, 4) is 0 Å². The van der Waals surface area contributed by atoms with Crippen LogP contribution in [0.4, 0.5) is 0 Å². The average molecular weight is 361 g/mol. The number of hydrogen-bond donors (Lipinski definition) is 1. The molecule has 0 aliphatic carbocycles. The summed E-state index contributed by atoms with van der Waals surface area (Å²) in [6, 6.07) is 5.41. The Morgan fingerprint density at radius 1 is 1.35 bits per heavy atom. The van der Waals surface area contributed by atoms with E-state index in [1.54, 1.807) is 16.4 Å². The van der Waals surface area contributed by atoms with Crippen molar-refractivity contribution in [2.45, 2.75) is 37.6 Å². The number of hydrogen-bond acceptors (Lipinski definition) is 3. The van der Waals surface area contributed by atoms with E-state index in [1.165, 1.54) is 0 Å². The van der Waals surface area contributed by atoms with Crippen LogP contribution in [0.25, 0.3) is 0 Å². The van der Waals surface area contributed by atoms with Gasteiger partial charge in [0.05, 0.1) is 4.90 Å². The van der Waals surface area contributed by atoms with Gasteiger partial charge in [-0.15, -0.1) is 0 Å². The molecular formula is C14H21BrN2O2S. The van der Waals surface area contributed by atoms with Crippen molar-refractivity contribution in [3.63, 3.8) is 0 Å². The molecule has 1 saturated heterocycles. The average Bonchev–Trinajstić information content (AvgIpc) is 2.38. The summed E-state index contributed by atoms with van der Waals surface area (Å²) in [5.74, 6) is 0.424. The van der Waals surface area contributed by atoms with Gasteiger partial charge in [-0.2, -0.15) is 4.31 Å². The SMILES string of the molecule is Cc1cc(Br)ccc1S(=O)(=O)N1CCC(C(C)N)CC1. The summed E-state index contributed by atoms with van der Waals surface area (Å²) in [5, 5.41) is 0. The zero-order chi connectivity index (χ0) is 14.9. The Morgan fingerprint density at radius 2 is 1.95 bits per heavy atom. The number of nitrogens with zero attached hydrogens (tertiary/aromatic N) is 1. The Balaban J connectivity index is 2.20. The Labute approximate surface area is 129 Å². The number of piperidine rings is 1. The maximum Gasteiger partial charge on any atom is 0.243 e. The lowest BCUT2D eigenvalue weighted by Crippen LogP contribution is -2.42. The Bertz CT molecular complexity index is 579. The summed E-state index contributed by atoms with van der Waals surface area (Å²) in [4.78, 5) is 0.403. The summed E-state index contributed by atoms with van der Waals surface area (Å²) >= 11 is 3.36. The van der Waals surface area contributed by atoms with Crippen LogP contribution in [-0.4, -0.2) is 31.9 Å². The molecule has 0 bridgehead atoms. The van der Waals surface area contributed by atoms with Crippen LogP contribution in [0.2, 0.25) is 0 Å². The van der Waals surface area contributed by atoms with Gasteiger partial charge in [-0.3, -0.25) is 0 Å². The molecule has 1 aromatic rings. The third-order valence-corrected chi connectivity index (χ3v) is 6.55. The lowest BCUT2D eigenvalue weighted by atomic mass is 9.92. The topological polar surface area (TPSA) is 63.4 Å². The first kappa shape index (κ1) is 15.9. The second-order valence-electron chi connectivity index (χ2n) is 5.51. The van der Waals surface area contributed by atoms with Gasteiger partial charge in [-0.25, -0.2) is 8.42 Å². The highest BCUT2D eigenvalue weighted by molar-refractivity contribution is 9.10. The van der Waals surface area contributed by atoms with E-state index in [9.17, 15) is 8.42 Å². The fourth-order valence-corrected chi connectivity index (χ4v) is 4.83. The largest absolute Gasteiger partial charge is 0.328 e. The Morgan fingerprint density at radius 3 is 2.45 bits per heavy atom. The summed E-state index contributed by atoms with van der Waals surface area (Å²) in [7, 11) is -3.39. The molecular weight excluding hydrogens is 340 g/mol. The standard InChI is InChI=1S/C14H21BrN2O2S/c1-10-9-13(15)3-4-14(10)20(18,19)17-7-5-12(6-8-17)11(2)16/h3-4,9,11-12H,5-8,16H2,1-2H3. The van der Waals surface area contributed by atoms with E-state index in [-0.39, 0.29) is 6.04 Å². The first-order chi connectivity index (χ1) is 9.32. The predicted octanol–water partition coefficient (Wildman–Crippen LogP) is 2.51. The minimum atomic E-state index is -3.39. The molecule has 1 aromatic carbocycles. The zero-order valence-electron chi connectivity index (χ0n) is 11.8. The Kier molecular flexibility index (Phi) is 4.89. The van der Waals surface area contributed by atoms with Crippen LogP contribution in [-0.2, 0) is 10.0 Å². The highest BCUT2D eigenvalue weighted by Gasteiger charge is 2.31. The predicted molar refractivity (Wildman–Crippen MR) is 84.0 cm³/mol. The fourth-order valence-electron chi connectivity index (χ4n) is 2.68. The van der Waals surface area contributed by atoms with E-state index < -0.39 is 10.0 Å². The van der Waals surface area contributed by atoms with Crippen LogP contribution < -0.4 is 5.73 Å². The highest BCUT2D eigenvalue weighted by atomic mass is 79.9. The van der Waals surface area contributed by atoms with Gasteiger partial charge in [-0.1, -0.05) is 15.9 Å². The van der Waals surface area contributed by atoms with E-state index in [4.69, 9.17) is 5.73 Å². The van der Waals surface area contributed by atoms with Crippen LogP contribution in [0.3, 0.4) is 0 Å². The number of nitrogens with two attached hydrogens (primary N) is 1. The van der Waals surface area contributed by atoms with Gasteiger partial charge in [0, 0.05) is 23.6 Å². The summed E-state index contributed by atoms with van der Waals surface area (Å²) in [6.07, 6.45) is 1.68. The summed E-state index contributed by atoms with van der Waals surface area (Å²) in [5.41, 5.74) is 6.67. The number of aryl methyl sites for hydroxylation is 1. The molecule has 2 N–H and O–H groups in total. The maximum absolute atomic E-state index is 12.7. The van der Waals surface area contributed by atoms with E-state index >= 15 is 0 Å². The number of halogens is 1. The van der Waals surface area contributed by atoms with Crippen LogP contribution in [0.1, 0.15) is 25.3 Å². The molecule has 20 heavy (non-hydrogen) atoms. The molecule has 6 heteroatoms. The van der Waals surface area contributed by atoms with E-state index in [0.717, 1.165) is 22.9 Å². The second-order valence-corrected chi connectivity index (χ2v) is 8.33. The molecule has 1 aliphatic heterocycles. The number of rotatable bonds is 3. The molecule has 0 radical (unpaired) electrons. The van der Waals surface area contributed by atoms with Crippen molar-refractivity contribution in [1.82, 2.24) is 4.31 Å². The van der Waals surface area contributed by atoms with Crippen LogP contribution in [0.5, 0.6) is 0 Å². The number of sulfonamides is 1. The Hall–Kier alpha value is -0.430. The van der Waals surface area contributed by atoms with Crippen molar-refractivity contribution in [1.29, 1.82) is 0 Å². The van der Waals surface area contributed by atoms with E-state index in [0.29, 0.717) is 23.9 Å². The summed E-state index contributed by atoms with van der Waals surface area (Å²) < 4.78 is 27.8. The molecule has 2 rings (SSSR count). The fraction of sp³-hybridized carbons (Fsp3) is 0.571. The van der Waals surface area contributed by atoms with Crippen molar-refractivity contribution in [3.05, 3.63) is 28.2 Å². The minimum absolute atomic E-state index is 0.134.